The van der Waals surface area contributed by atoms with Crippen LogP contribution in [0.25, 0.3) is 22.4 Å². The van der Waals surface area contributed by atoms with Crippen LogP contribution in [0.15, 0.2) is 18.3 Å². The van der Waals surface area contributed by atoms with Gasteiger partial charge in [-0.2, -0.15) is 18.2 Å². The number of pyridine rings is 2. The van der Waals surface area contributed by atoms with Crippen molar-refractivity contribution < 1.29 is 22.6 Å². The summed E-state index contributed by atoms with van der Waals surface area (Å²) in [4.78, 5) is 17.7. The first-order valence-electron chi connectivity index (χ1n) is 11.2. The van der Waals surface area contributed by atoms with Gasteiger partial charge in [-0.1, -0.05) is 12.8 Å². The maximum Gasteiger partial charge on any atom is 0.421 e. The maximum absolute atomic E-state index is 13.7. The molecule has 1 fully saturated rings. The third kappa shape index (κ3) is 4.75. The molecule has 1 saturated carbocycles. The van der Waals surface area contributed by atoms with Gasteiger partial charge in [0.1, 0.15) is 11.1 Å². The number of hydrogen-bond acceptors (Lipinski definition) is 7. The number of aromatic amines is 1. The van der Waals surface area contributed by atoms with Gasteiger partial charge in [-0.25, -0.2) is 9.97 Å². The van der Waals surface area contributed by atoms with Gasteiger partial charge in [-0.3, -0.25) is 0 Å². The third-order valence-electron chi connectivity index (χ3n) is 6.29. The minimum absolute atomic E-state index is 0.00890. The summed E-state index contributed by atoms with van der Waals surface area (Å²) in [5, 5.41) is 0. The summed E-state index contributed by atoms with van der Waals surface area (Å²) >= 11 is 0. The average Bonchev–Trinajstić information content (AvgIpc) is 3.38. The van der Waals surface area contributed by atoms with Crippen molar-refractivity contribution in [2.45, 2.75) is 38.8 Å². The van der Waals surface area contributed by atoms with Crippen LogP contribution in [-0.4, -0.2) is 53.9 Å². The zero-order valence-corrected chi connectivity index (χ0v) is 19.5. The van der Waals surface area contributed by atoms with Crippen LogP contribution < -0.4 is 15.4 Å². The lowest BCUT2D eigenvalue weighted by Crippen LogP contribution is -2.37. The molecule has 0 unspecified atom stereocenters. The van der Waals surface area contributed by atoms with E-state index >= 15 is 0 Å². The van der Waals surface area contributed by atoms with E-state index in [9.17, 15) is 13.2 Å². The van der Waals surface area contributed by atoms with Crippen molar-refractivity contribution in [3.8, 4) is 17.1 Å². The molecule has 184 valence electrons. The Kier molecular flexibility index (Phi) is 6.57. The molecule has 3 aromatic heterocycles. The van der Waals surface area contributed by atoms with E-state index in [2.05, 4.69) is 24.8 Å². The molecule has 3 heterocycles. The topological polar surface area (TPSA) is 102 Å². The molecule has 0 atom stereocenters. The molecule has 11 heteroatoms. The molecule has 0 aliphatic heterocycles. The lowest BCUT2D eigenvalue weighted by molar-refractivity contribution is -0.139. The predicted octanol–water partition coefficient (Wildman–Crippen LogP) is 4.66. The van der Waals surface area contributed by atoms with E-state index in [0.717, 1.165) is 37.4 Å². The summed E-state index contributed by atoms with van der Waals surface area (Å²) in [6.07, 6.45) is 1.09. The van der Waals surface area contributed by atoms with E-state index in [1.54, 1.807) is 20.1 Å². The number of halogens is 3. The molecule has 0 radical (unpaired) electrons. The van der Waals surface area contributed by atoms with Crippen molar-refractivity contribution in [1.29, 1.82) is 0 Å². The van der Waals surface area contributed by atoms with Gasteiger partial charge in [0.05, 0.1) is 24.6 Å². The Bertz CT molecular complexity index is 1160. The van der Waals surface area contributed by atoms with Crippen molar-refractivity contribution in [2.24, 2.45) is 5.41 Å². The summed E-state index contributed by atoms with van der Waals surface area (Å²) in [5.74, 6) is -0.272. The van der Waals surface area contributed by atoms with Gasteiger partial charge in [0.25, 0.3) is 0 Å². The zero-order valence-electron chi connectivity index (χ0n) is 19.5. The molecule has 0 aromatic carbocycles. The highest BCUT2D eigenvalue weighted by Crippen LogP contribution is 2.41. The van der Waals surface area contributed by atoms with Gasteiger partial charge >= 0.3 is 6.18 Å². The molecular weight excluding hydrogens is 449 g/mol. The Labute approximate surface area is 195 Å². The van der Waals surface area contributed by atoms with Crippen LogP contribution in [0.1, 0.15) is 38.2 Å². The van der Waals surface area contributed by atoms with Crippen LogP contribution in [-0.2, 0) is 10.9 Å². The number of anilines is 2. The molecule has 4 rings (SSSR count). The highest BCUT2D eigenvalue weighted by atomic mass is 19.4. The maximum atomic E-state index is 13.7. The summed E-state index contributed by atoms with van der Waals surface area (Å²) in [6.45, 7) is 3.04. The number of nitrogens with two attached hydrogens (primary N) is 1. The molecule has 3 aromatic rings. The first-order chi connectivity index (χ1) is 16.2. The highest BCUT2D eigenvalue weighted by molar-refractivity contribution is 5.90. The van der Waals surface area contributed by atoms with E-state index in [4.69, 9.17) is 15.2 Å². The number of H-pyrrole nitrogens is 1. The molecule has 34 heavy (non-hydrogen) atoms. The second-order valence-electron chi connectivity index (χ2n) is 8.85. The van der Waals surface area contributed by atoms with Crippen LogP contribution in [0, 0.1) is 5.41 Å². The molecule has 0 spiro atoms. The number of nitrogen functional groups attached to an aromatic ring is 1. The van der Waals surface area contributed by atoms with Crippen LogP contribution in [0.4, 0.5) is 24.8 Å². The molecule has 0 bridgehead atoms. The van der Waals surface area contributed by atoms with Crippen LogP contribution in [0.2, 0.25) is 0 Å². The highest BCUT2D eigenvalue weighted by Gasteiger charge is 2.37. The van der Waals surface area contributed by atoms with Crippen LogP contribution in [0.5, 0.6) is 5.88 Å². The van der Waals surface area contributed by atoms with Crippen molar-refractivity contribution in [3.63, 3.8) is 0 Å². The van der Waals surface area contributed by atoms with Gasteiger partial charge in [0.2, 0.25) is 5.88 Å². The van der Waals surface area contributed by atoms with E-state index < -0.39 is 17.6 Å². The SMILES string of the molecule is CCOc1ncc(-c2cc(N(C)CC3(COC)CCCC3)c3[nH]c(N)nc3n2)cc1C(F)(F)F. The van der Waals surface area contributed by atoms with Crippen molar-refractivity contribution in [1.82, 2.24) is 19.9 Å². The summed E-state index contributed by atoms with van der Waals surface area (Å²) in [6, 6.07) is 2.75. The Morgan fingerprint density at radius 1 is 1.21 bits per heavy atom. The number of hydrogen-bond donors (Lipinski definition) is 2. The fourth-order valence-electron chi connectivity index (χ4n) is 4.85. The largest absolute Gasteiger partial charge is 0.478 e. The van der Waals surface area contributed by atoms with Gasteiger partial charge in [0, 0.05) is 37.9 Å². The number of methoxy groups -OCH3 is 1. The summed E-state index contributed by atoms with van der Waals surface area (Å²) in [5.41, 5.74) is 7.18. The fourth-order valence-corrected chi connectivity index (χ4v) is 4.85. The molecule has 3 N–H and O–H groups in total. The molecule has 0 amide bonds. The van der Waals surface area contributed by atoms with Crippen LogP contribution >= 0.6 is 0 Å². The van der Waals surface area contributed by atoms with Crippen molar-refractivity contribution in [3.05, 3.63) is 23.9 Å². The number of fused-ring (bicyclic) bond motifs is 1. The Morgan fingerprint density at radius 3 is 2.59 bits per heavy atom. The summed E-state index contributed by atoms with van der Waals surface area (Å²) in [7, 11) is 3.65. The molecule has 8 nitrogen and oxygen atoms in total. The van der Waals surface area contributed by atoms with E-state index in [1.807, 2.05) is 7.05 Å². The summed E-state index contributed by atoms with van der Waals surface area (Å²) < 4.78 is 51.7. The molecular formula is C23H29F3N6O2. The number of ether oxygens (including phenoxy) is 2. The Morgan fingerprint density at radius 2 is 1.94 bits per heavy atom. The Hall–Kier alpha value is -3.08. The zero-order chi connectivity index (χ0) is 24.5. The second kappa shape index (κ2) is 9.28. The van der Waals surface area contributed by atoms with E-state index in [-0.39, 0.29) is 23.5 Å². The van der Waals surface area contributed by atoms with E-state index in [0.29, 0.717) is 30.0 Å². The van der Waals surface area contributed by atoms with Gasteiger partial charge in [0.15, 0.2) is 11.6 Å². The number of alkyl halides is 3. The second-order valence-corrected chi connectivity index (χ2v) is 8.85. The number of nitrogens with zero attached hydrogens (tertiary/aromatic N) is 4. The monoisotopic (exact) mass is 478 g/mol. The number of rotatable bonds is 8. The smallest absolute Gasteiger partial charge is 0.421 e. The lowest BCUT2D eigenvalue weighted by Gasteiger charge is -2.34. The minimum atomic E-state index is -4.62. The molecule has 1 aliphatic carbocycles. The molecule has 0 saturated heterocycles. The quantitative estimate of drug-likeness (QED) is 0.485. The standard InChI is InChI=1S/C23H29F3N6O2/c1-4-34-20-15(23(24,25)26)9-14(11-28-20)16-10-17(18-19(29-16)31-21(27)30-18)32(2)12-22(13-33-3)7-5-6-8-22/h9-11H,4-8,12-13H2,1-3H3,(H3,27,29,30,31). The molecule has 1 aliphatic rings. The first kappa shape index (κ1) is 24.1. The Balaban J connectivity index is 1.79. The van der Waals surface area contributed by atoms with Gasteiger partial charge < -0.3 is 25.1 Å². The van der Waals surface area contributed by atoms with Gasteiger partial charge in [-0.05, 0) is 31.9 Å². The predicted molar refractivity (Wildman–Crippen MR) is 124 cm³/mol. The third-order valence-corrected chi connectivity index (χ3v) is 6.29. The van der Waals surface area contributed by atoms with Crippen molar-refractivity contribution in [2.75, 3.05) is 44.5 Å². The van der Waals surface area contributed by atoms with Crippen LogP contribution in [0.3, 0.4) is 0 Å². The average molecular weight is 479 g/mol. The van der Waals surface area contributed by atoms with E-state index in [1.165, 1.54) is 6.20 Å². The lowest BCUT2D eigenvalue weighted by atomic mass is 9.86. The number of imidazole rings is 1. The minimum Gasteiger partial charge on any atom is -0.478 e. The van der Waals surface area contributed by atoms with Crippen molar-refractivity contribution >= 4 is 22.8 Å². The fraction of sp³-hybridized carbons (Fsp3) is 0.522. The first-order valence-corrected chi connectivity index (χ1v) is 11.2. The number of aromatic nitrogens is 4. The van der Waals surface area contributed by atoms with Gasteiger partial charge in [-0.15, -0.1) is 0 Å². The number of nitrogens with one attached hydrogen (secondary N) is 1. The normalized spacial score (nSPS) is 15.7.